The maximum atomic E-state index is 10.2. The van der Waals surface area contributed by atoms with Crippen molar-refractivity contribution in [3.05, 3.63) is 0 Å². The van der Waals surface area contributed by atoms with Crippen LogP contribution in [0.25, 0.3) is 0 Å². The Morgan fingerprint density at radius 2 is 2.17 bits per heavy atom. The van der Waals surface area contributed by atoms with Crippen molar-refractivity contribution in [1.29, 1.82) is 0 Å². The number of methoxy groups -OCH3 is 1. The van der Waals surface area contributed by atoms with Crippen molar-refractivity contribution < 1.29 is 14.6 Å². The molecule has 0 amide bonds. The van der Waals surface area contributed by atoms with E-state index in [4.69, 9.17) is 9.84 Å². The zero-order chi connectivity index (χ0) is 9.61. The Morgan fingerprint density at radius 3 is 2.58 bits per heavy atom. The first-order chi connectivity index (χ1) is 5.48. The van der Waals surface area contributed by atoms with Crippen LogP contribution in [0.5, 0.6) is 0 Å². The van der Waals surface area contributed by atoms with Gasteiger partial charge in [0.05, 0.1) is 13.0 Å². The van der Waals surface area contributed by atoms with Crippen molar-refractivity contribution in [3.63, 3.8) is 0 Å². The van der Waals surface area contributed by atoms with Gasteiger partial charge in [-0.3, -0.25) is 4.79 Å². The molecule has 0 heterocycles. The number of rotatable bonds is 6. The first kappa shape index (κ1) is 11.4. The molecule has 72 valence electrons. The van der Waals surface area contributed by atoms with E-state index in [0.717, 1.165) is 0 Å². The van der Waals surface area contributed by atoms with E-state index in [0.29, 0.717) is 13.2 Å². The van der Waals surface area contributed by atoms with E-state index in [1.165, 1.54) is 0 Å². The topological polar surface area (TPSA) is 58.6 Å². The molecule has 0 aliphatic heterocycles. The fraction of sp³-hybridized carbons (Fsp3) is 0.875. The number of hydrogen-bond acceptors (Lipinski definition) is 3. The van der Waals surface area contributed by atoms with Gasteiger partial charge in [-0.25, -0.2) is 0 Å². The number of hydrogen-bond donors (Lipinski definition) is 2. The van der Waals surface area contributed by atoms with E-state index >= 15 is 0 Å². The van der Waals surface area contributed by atoms with Gasteiger partial charge < -0.3 is 15.2 Å². The van der Waals surface area contributed by atoms with Crippen LogP contribution in [-0.2, 0) is 9.53 Å². The molecule has 0 radical (unpaired) electrons. The van der Waals surface area contributed by atoms with E-state index in [1.54, 1.807) is 7.11 Å². The van der Waals surface area contributed by atoms with Crippen molar-refractivity contribution in [1.82, 2.24) is 5.32 Å². The van der Waals surface area contributed by atoms with Gasteiger partial charge in [0.1, 0.15) is 0 Å². The number of carboxylic acids is 1. The van der Waals surface area contributed by atoms with E-state index < -0.39 is 5.97 Å². The lowest BCUT2D eigenvalue weighted by Gasteiger charge is -2.24. The molecule has 0 aliphatic carbocycles. The van der Waals surface area contributed by atoms with E-state index in [9.17, 15) is 4.79 Å². The van der Waals surface area contributed by atoms with Crippen LogP contribution >= 0.6 is 0 Å². The monoisotopic (exact) mass is 175 g/mol. The number of carbonyl (C=O) groups is 1. The van der Waals surface area contributed by atoms with Gasteiger partial charge in [0.15, 0.2) is 0 Å². The molecule has 0 unspecified atom stereocenters. The third-order valence-electron chi connectivity index (χ3n) is 1.45. The Kier molecular flexibility index (Phi) is 4.85. The van der Waals surface area contributed by atoms with Gasteiger partial charge in [0.2, 0.25) is 0 Å². The van der Waals surface area contributed by atoms with Crippen molar-refractivity contribution >= 4 is 5.97 Å². The second kappa shape index (κ2) is 5.11. The smallest absolute Gasteiger partial charge is 0.304 e. The van der Waals surface area contributed by atoms with Crippen LogP contribution in [0.2, 0.25) is 0 Å². The fourth-order valence-corrected chi connectivity index (χ4v) is 0.920. The van der Waals surface area contributed by atoms with Gasteiger partial charge in [0, 0.05) is 19.2 Å². The van der Waals surface area contributed by atoms with Gasteiger partial charge in [-0.15, -0.1) is 0 Å². The molecule has 0 aliphatic rings. The molecule has 0 atom stereocenters. The lowest BCUT2D eigenvalue weighted by Crippen LogP contribution is -2.44. The Hall–Kier alpha value is -0.610. The molecule has 0 bridgehead atoms. The first-order valence-electron chi connectivity index (χ1n) is 3.94. The molecule has 4 nitrogen and oxygen atoms in total. The van der Waals surface area contributed by atoms with Crippen LogP contribution < -0.4 is 5.32 Å². The van der Waals surface area contributed by atoms with Crippen LogP contribution in [0, 0.1) is 0 Å². The largest absolute Gasteiger partial charge is 0.481 e. The summed E-state index contributed by atoms with van der Waals surface area (Å²) in [5, 5.41) is 11.5. The molecule has 12 heavy (non-hydrogen) atoms. The standard InChI is InChI=1S/C8H17NO3/c1-8(2,6-12-3)9-5-4-7(10)11/h9H,4-6H2,1-3H3,(H,10,11). The van der Waals surface area contributed by atoms with Gasteiger partial charge in [-0.2, -0.15) is 0 Å². The highest BCUT2D eigenvalue weighted by Gasteiger charge is 2.16. The lowest BCUT2D eigenvalue weighted by atomic mass is 10.1. The maximum Gasteiger partial charge on any atom is 0.304 e. The fourth-order valence-electron chi connectivity index (χ4n) is 0.920. The van der Waals surface area contributed by atoms with Crippen LogP contribution in [0.4, 0.5) is 0 Å². The molecule has 2 N–H and O–H groups in total. The summed E-state index contributed by atoms with van der Waals surface area (Å²) in [6.45, 7) is 5.00. The normalized spacial score (nSPS) is 11.6. The minimum atomic E-state index is -0.782. The Balaban J connectivity index is 3.53. The molecule has 0 saturated carbocycles. The number of ether oxygens (including phenoxy) is 1. The van der Waals surface area contributed by atoms with Gasteiger partial charge in [-0.1, -0.05) is 0 Å². The Morgan fingerprint density at radius 1 is 1.58 bits per heavy atom. The average Bonchev–Trinajstić information content (AvgIpc) is 1.85. The van der Waals surface area contributed by atoms with Crippen molar-refractivity contribution in [2.24, 2.45) is 0 Å². The Labute approximate surface area is 72.9 Å². The van der Waals surface area contributed by atoms with Crippen molar-refractivity contribution in [2.75, 3.05) is 20.3 Å². The van der Waals surface area contributed by atoms with Gasteiger partial charge >= 0.3 is 5.97 Å². The summed E-state index contributed by atoms with van der Waals surface area (Å²) in [7, 11) is 1.63. The molecule has 0 fully saturated rings. The second-order valence-electron chi connectivity index (χ2n) is 3.39. The van der Waals surface area contributed by atoms with Crippen molar-refractivity contribution in [3.8, 4) is 0 Å². The lowest BCUT2D eigenvalue weighted by molar-refractivity contribution is -0.136. The predicted molar refractivity (Wildman–Crippen MR) is 46.2 cm³/mol. The third-order valence-corrected chi connectivity index (χ3v) is 1.45. The van der Waals surface area contributed by atoms with Gasteiger partial charge in [-0.05, 0) is 13.8 Å². The van der Waals surface area contributed by atoms with E-state index in [-0.39, 0.29) is 12.0 Å². The number of nitrogens with one attached hydrogen (secondary N) is 1. The summed E-state index contributed by atoms with van der Waals surface area (Å²) in [6, 6.07) is 0. The summed E-state index contributed by atoms with van der Waals surface area (Å²) in [5.74, 6) is -0.782. The Bertz CT molecular complexity index is 145. The van der Waals surface area contributed by atoms with Crippen LogP contribution in [0.1, 0.15) is 20.3 Å². The second-order valence-corrected chi connectivity index (χ2v) is 3.39. The molecule has 0 spiro atoms. The molecule has 4 heteroatoms. The number of carboxylic acid groups (broad SMARTS) is 1. The molecule has 0 aromatic carbocycles. The van der Waals surface area contributed by atoms with Crippen molar-refractivity contribution in [2.45, 2.75) is 25.8 Å². The summed E-state index contributed by atoms with van der Waals surface area (Å²) >= 11 is 0. The highest BCUT2D eigenvalue weighted by atomic mass is 16.5. The summed E-state index contributed by atoms with van der Waals surface area (Å²) < 4.78 is 4.95. The SMILES string of the molecule is COCC(C)(C)NCCC(=O)O. The zero-order valence-electron chi connectivity index (χ0n) is 7.89. The average molecular weight is 175 g/mol. The highest BCUT2D eigenvalue weighted by Crippen LogP contribution is 2.01. The highest BCUT2D eigenvalue weighted by molar-refractivity contribution is 5.66. The minimum absolute atomic E-state index is 0.146. The molecule has 0 aromatic heterocycles. The molecule has 0 aromatic rings. The molecular formula is C8H17NO3. The van der Waals surface area contributed by atoms with E-state index in [2.05, 4.69) is 5.32 Å². The van der Waals surface area contributed by atoms with Crippen LogP contribution in [0.3, 0.4) is 0 Å². The third kappa shape index (κ3) is 6.12. The summed E-state index contributed by atoms with van der Waals surface area (Å²) in [5.41, 5.74) is -0.149. The summed E-state index contributed by atoms with van der Waals surface area (Å²) in [4.78, 5) is 10.2. The van der Waals surface area contributed by atoms with Crippen LogP contribution in [0.15, 0.2) is 0 Å². The minimum Gasteiger partial charge on any atom is -0.481 e. The maximum absolute atomic E-state index is 10.2. The summed E-state index contributed by atoms with van der Waals surface area (Å²) in [6.07, 6.45) is 0.146. The zero-order valence-corrected chi connectivity index (χ0v) is 7.89. The van der Waals surface area contributed by atoms with Crippen LogP contribution in [-0.4, -0.2) is 36.9 Å². The van der Waals surface area contributed by atoms with Gasteiger partial charge in [0.25, 0.3) is 0 Å². The molecule has 0 rings (SSSR count). The molecular weight excluding hydrogens is 158 g/mol. The molecule has 0 saturated heterocycles. The number of aliphatic carboxylic acids is 1. The first-order valence-corrected chi connectivity index (χ1v) is 3.94. The van der Waals surface area contributed by atoms with E-state index in [1.807, 2.05) is 13.8 Å². The quantitative estimate of drug-likeness (QED) is 0.616. The predicted octanol–water partition coefficient (Wildman–Crippen LogP) is 0.476.